The van der Waals surface area contributed by atoms with Crippen LogP contribution in [-0.2, 0) is 11.3 Å². The number of thiazole rings is 1. The number of fused-ring (bicyclic) bond motifs is 1. The van der Waals surface area contributed by atoms with E-state index >= 15 is 0 Å². The molecule has 0 unspecified atom stereocenters. The minimum atomic E-state index is -1.03. The Hall–Kier alpha value is -2.64. The normalized spacial score (nSPS) is 11.7. The first-order chi connectivity index (χ1) is 12.0. The number of carboxylic acid groups (broad SMARTS) is 1. The summed E-state index contributed by atoms with van der Waals surface area (Å²) in [6.45, 7) is -0.311. The van der Waals surface area contributed by atoms with Crippen molar-refractivity contribution in [2.45, 2.75) is 6.54 Å². The maximum atomic E-state index is 12.4. The molecule has 0 atom stereocenters. The zero-order valence-electron chi connectivity index (χ0n) is 13.1. The van der Waals surface area contributed by atoms with E-state index in [2.05, 4.69) is 4.99 Å². The summed E-state index contributed by atoms with van der Waals surface area (Å²) in [5.41, 5.74) is 0.975. The topological polar surface area (TPSA) is 80.9 Å². The van der Waals surface area contributed by atoms with Crippen LogP contribution in [-0.4, -0.2) is 28.7 Å². The minimum absolute atomic E-state index is 0.284. The van der Waals surface area contributed by atoms with Crippen LogP contribution < -0.4 is 9.54 Å². The van der Waals surface area contributed by atoms with Crippen molar-refractivity contribution >= 4 is 45.0 Å². The van der Waals surface area contributed by atoms with E-state index in [-0.39, 0.29) is 11.3 Å². The highest BCUT2D eigenvalue weighted by Gasteiger charge is 2.14. The summed E-state index contributed by atoms with van der Waals surface area (Å²) in [5, 5.41) is 9.62. The Morgan fingerprint density at radius 3 is 2.72 bits per heavy atom. The van der Waals surface area contributed by atoms with E-state index < -0.39 is 11.9 Å². The molecule has 0 bridgehead atoms. The second kappa shape index (κ2) is 7.08. The van der Waals surface area contributed by atoms with E-state index in [1.54, 1.807) is 36.4 Å². The summed E-state index contributed by atoms with van der Waals surface area (Å²) >= 11 is 7.10. The van der Waals surface area contributed by atoms with Gasteiger partial charge in [0.15, 0.2) is 4.80 Å². The third kappa shape index (κ3) is 3.57. The van der Waals surface area contributed by atoms with Crippen molar-refractivity contribution in [1.82, 2.24) is 4.57 Å². The molecule has 1 amide bonds. The molecule has 8 heteroatoms. The molecule has 25 heavy (non-hydrogen) atoms. The number of methoxy groups -OCH3 is 1. The molecular weight excluding hydrogens is 364 g/mol. The van der Waals surface area contributed by atoms with Gasteiger partial charge in [-0.15, -0.1) is 0 Å². The number of hydrogen-bond donors (Lipinski definition) is 1. The Bertz CT molecular complexity index is 1040. The molecule has 0 aliphatic rings. The lowest BCUT2D eigenvalue weighted by molar-refractivity contribution is -0.137. The van der Waals surface area contributed by atoms with Gasteiger partial charge in [0.25, 0.3) is 5.91 Å². The van der Waals surface area contributed by atoms with Crippen LogP contribution in [0.25, 0.3) is 10.2 Å². The Labute approximate surface area is 151 Å². The lowest BCUT2D eigenvalue weighted by atomic mass is 10.2. The van der Waals surface area contributed by atoms with E-state index in [1.165, 1.54) is 29.1 Å². The van der Waals surface area contributed by atoms with Crippen LogP contribution >= 0.6 is 22.9 Å². The number of amides is 1. The molecule has 0 saturated carbocycles. The monoisotopic (exact) mass is 376 g/mol. The summed E-state index contributed by atoms with van der Waals surface area (Å²) in [4.78, 5) is 28.0. The average Bonchev–Trinajstić information content (AvgIpc) is 2.91. The number of benzene rings is 2. The summed E-state index contributed by atoms with van der Waals surface area (Å²) in [6, 6.07) is 11.7. The predicted octanol–water partition coefficient (Wildman–Crippen LogP) is 3.19. The van der Waals surface area contributed by atoms with E-state index in [4.69, 9.17) is 16.3 Å². The van der Waals surface area contributed by atoms with Crippen molar-refractivity contribution in [3.8, 4) is 5.75 Å². The molecule has 0 radical (unpaired) electrons. The highest BCUT2D eigenvalue weighted by atomic mass is 35.5. The lowest BCUT2D eigenvalue weighted by Crippen LogP contribution is -2.21. The summed E-state index contributed by atoms with van der Waals surface area (Å²) in [6.07, 6.45) is 0. The first kappa shape index (κ1) is 17.2. The van der Waals surface area contributed by atoms with Crippen LogP contribution in [0.5, 0.6) is 5.75 Å². The number of halogens is 1. The zero-order chi connectivity index (χ0) is 18.0. The van der Waals surface area contributed by atoms with Gasteiger partial charge in [0.2, 0.25) is 0 Å². The third-order valence-electron chi connectivity index (χ3n) is 3.46. The molecular formula is C17H13ClN2O4S. The molecule has 0 saturated heterocycles. The molecule has 1 aromatic heterocycles. The second-order valence-electron chi connectivity index (χ2n) is 5.10. The fraction of sp³-hybridized carbons (Fsp3) is 0.118. The van der Waals surface area contributed by atoms with Gasteiger partial charge >= 0.3 is 5.97 Å². The molecule has 1 heterocycles. The maximum Gasteiger partial charge on any atom is 0.323 e. The van der Waals surface area contributed by atoms with Gasteiger partial charge in [-0.3, -0.25) is 9.59 Å². The number of ether oxygens (including phenoxy) is 1. The van der Waals surface area contributed by atoms with E-state index in [0.717, 1.165) is 4.70 Å². The maximum absolute atomic E-state index is 12.4. The smallest absolute Gasteiger partial charge is 0.323 e. The van der Waals surface area contributed by atoms with Gasteiger partial charge in [0.05, 0.1) is 17.3 Å². The summed E-state index contributed by atoms with van der Waals surface area (Å²) in [7, 11) is 1.53. The Balaban J connectivity index is 2.20. The molecule has 2 aromatic carbocycles. The van der Waals surface area contributed by atoms with Crippen LogP contribution in [0.4, 0.5) is 0 Å². The molecule has 0 spiro atoms. The Kier molecular flexibility index (Phi) is 4.87. The number of carboxylic acids is 1. The number of nitrogens with zero attached hydrogens (tertiary/aromatic N) is 2. The largest absolute Gasteiger partial charge is 0.495 e. The number of aromatic nitrogens is 1. The molecule has 6 nitrogen and oxygen atoms in total. The molecule has 128 valence electrons. The molecule has 3 rings (SSSR count). The fourth-order valence-corrected chi connectivity index (χ4v) is 3.68. The van der Waals surface area contributed by atoms with E-state index in [9.17, 15) is 14.7 Å². The average molecular weight is 377 g/mol. The molecule has 1 N–H and O–H groups in total. The Morgan fingerprint density at radius 1 is 1.28 bits per heavy atom. The van der Waals surface area contributed by atoms with Crippen LogP contribution in [0.15, 0.2) is 47.5 Å². The van der Waals surface area contributed by atoms with Gasteiger partial charge in [-0.25, -0.2) is 0 Å². The second-order valence-corrected chi connectivity index (χ2v) is 6.51. The fourth-order valence-electron chi connectivity index (χ4n) is 2.37. The van der Waals surface area contributed by atoms with E-state index in [1.807, 2.05) is 0 Å². The van der Waals surface area contributed by atoms with Crippen molar-refractivity contribution in [1.29, 1.82) is 0 Å². The number of aliphatic carboxylic acids is 1. The first-order valence-electron chi connectivity index (χ1n) is 7.22. The molecule has 0 aliphatic heterocycles. The lowest BCUT2D eigenvalue weighted by Gasteiger charge is -2.03. The van der Waals surface area contributed by atoms with Gasteiger partial charge in [-0.2, -0.15) is 4.99 Å². The third-order valence-corrected chi connectivity index (χ3v) is 4.80. The number of hydrogen-bond acceptors (Lipinski definition) is 4. The summed E-state index contributed by atoms with van der Waals surface area (Å²) < 4.78 is 7.52. The van der Waals surface area contributed by atoms with Gasteiger partial charge in [0.1, 0.15) is 12.3 Å². The van der Waals surface area contributed by atoms with Crippen LogP contribution in [0.2, 0.25) is 5.02 Å². The van der Waals surface area contributed by atoms with Gasteiger partial charge < -0.3 is 14.4 Å². The van der Waals surface area contributed by atoms with Crippen molar-refractivity contribution in [2.24, 2.45) is 4.99 Å². The van der Waals surface area contributed by atoms with Gasteiger partial charge in [0, 0.05) is 10.6 Å². The standard InChI is InChI=1S/C17H13ClN2O4S/c1-24-13-7-3-6-12-15(13)25-17(20(12)9-14(21)22)19-16(23)10-4-2-5-11(18)8-10/h2-8H,9H2,1H3,(H,21,22)/b19-17-. The molecule has 0 fully saturated rings. The van der Waals surface area contributed by atoms with Gasteiger partial charge in [-0.05, 0) is 30.3 Å². The van der Waals surface area contributed by atoms with Crippen molar-refractivity contribution in [2.75, 3.05) is 7.11 Å². The summed E-state index contributed by atoms with van der Waals surface area (Å²) in [5.74, 6) is -0.926. The number of rotatable bonds is 4. The molecule has 0 aliphatic carbocycles. The zero-order valence-corrected chi connectivity index (χ0v) is 14.7. The predicted molar refractivity (Wildman–Crippen MR) is 95.3 cm³/mol. The van der Waals surface area contributed by atoms with Crippen LogP contribution in [0.3, 0.4) is 0 Å². The Morgan fingerprint density at radius 2 is 2.04 bits per heavy atom. The highest BCUT2D eigenvalue weighted by Crippen LogP contribution is 2.28. The first-order valence-corrected chi connectivity index (χ1v) is 8.42. The SMILES string of the molecule is COc1cccc2c1s/c(=N\C(=O)c1cccc(Cl)c1)n2CC(=O)O. The number of carbonyl (C=O) groups excluding carboxylic acids is 1. The van der Waals surface area contributed by atoms with Crippen molar-refractivity contribution in [3.05, 3.63) is 57.9 Å². The van der Waals surface area contributed by atoms with Crippen LogP contribution in [0.1, 0.15) is 10.4 Å². The number of carbonyl (C=O) groups is 2. The van der Waals surface area contributed by atoms with Crippen LogP contribution in [0, 0.1) is 0 Å². The van der Waals surface area contributed by atoms with Crippen molar-refractivity contribution < 1.29 is 19.4 Å². The minimum Gasteiger partial charge on any atom is -0.495 e. The van der Waals surface area contributed by atoms with Gasteiger partial charge in [-0.1, -0.05) is 35.1 Å². The quantitative estimate of drug-likeness (QED) is 0.758. The highest BCUT2D eigenvalue weighted by molar-refractivity contribution is 7.16. The molecule has 3 aromatic rings. The van der Waals surface area contributed by atoms with E-state index in [0.29, 0.717) is 21.9 Å². The van der Waals surface area contributed by atoms with Crippen molar-refractivity contribution in [3.63, 3.8) is 0 Å².